The summed E-state index contributed by atoms with van der Waals surface area (Å²) >= 11 is 0. The molecule has 51 heavy (non-hydrogen) atoms. The van der Waals surface area contributed by atoms with Gasteiger partial charge in [0.25, 0.3) is 0 Å². The van der Waals surface area contributed by atoms with Gasteiger partial charge < -0.3 is 14.4 Å². The van der Waals surface area contributed by atoms with Gasteiger partial charge in [-0.1, -0.05) is 127 Å². The van der Waals surface area contributed by atoms with Crippen molar-refractivity contribution in [2.75, 3.05) is 0 Å². The van der Waals surface area contributed by atoms with E-state index in [9.17, 15) is 4.39 Å². The molecule has 0 aliphatic heterocycles. The summed E-state index contributed by atoms with van der Waals surface area (Å²) in [5.41, 5.74) is 10.7. The third-order valence-corrected chi connectivity index (χ3v) is 8.58. The van der Waals surface area contributed by atoms with Crippen LogP contribution in [0.3, 0.4) is 0 Å². The zero-order valence-electron chi connectivity index (χ0n) is 27.3. The minimum Gasteiger partial charge on any atom is -0.476 e. The largest absolute Gasteiger partial charge is 0.476 e. The number of para-hydroxylation sites is 1. The molecule has 3 heterocycles. The topological polar surface area (TPSA) is 38.9 Å². The summed E-state index contributed by atoms with van der Waals surface area (Å²) in [7, 11) is 0. The molecule has 9 rings (SSSR count). The predicted octanol–water partition coefficient (Wildman–Crippen LogP) is 12.1. The molecule has 0 fully saturated rings. The van der Waals surface area contributed by atoms with Gasteiger partial charge in [-0.3, -0.25) is 0 Å². The summed E-state index contributed by atoms with van der Waals surface area (Å²) < 4.78 is 21.2. The molecule has 0 atom stereocenters. The molecule has 0 unspecified atom stereocenters. The molecule has 0 aliphatic carbocycles. The molecule has 0 spiro atoms. The fourth-order valence-electron chi connectivity index (χ4n) is 6.20. The number of hydrogen-bond acceptors (Lipinski definition) is 3. The van der Waals surface area contributed by atoms with Crippen LogP contribution in [-0.2, 0) is 20.1 Å². The van der Waals surface area contributed by atoms with Gasteiger partial charge in [0.15, 0.2) is 0 Å². The van der Waals surface area contributed by atoms with E-state index >= 15 is 0 Å². The fourth-order valence-corrected chi connectivity index (χ4v) is 6.20. The second-order valence-electron chi connectivity index (χ2n) is 11.7. The van der Waals surface area contributed by atoms with E-state index < -0.39 is 0 Å². The molecule has 0 bridgehead atoms. The normalized spacial score (nSPS) is 10.7. The molecule has 0 saturated carbocycles. The summed E-state index contributed by atoms with van der Waals surface area (Å²) in [6, 6.07) is 60.3. The van der Waals surface area contributed by atoms with Crippen molar-refractivity contribution in [3.05, 3.63) is 194 Å². The summed E-state index contributed by atoms with van der Waals surface area (Å²) in [4.78, 5) is 8.67. The van der Waals surface area contributed by atoms with Gasteiger partial charge >= 0.3 is 0 Å². The van der Waals surface area contributed by atoms with E-state index in [1.807, 2.05) is 109 Å². The number of aromatic nitrogens is 2. The number of benzene rings is 6. The third-order valence-electron chi connectivity index (χ3n) is 8.58. The first-order chi connectivity index (χ1) is 24.7. The smallest absolute Gasteiger partial charge is 0.147 e. The minimum absolute atomic E-state index is 0. The first kappa shape index (κ1) is 33.5. The Morgan fingerprint density at radius 2 is 1.25 bits per heavy atom. The van der Waals surface area contributed by atoms with Crippen LogP contribution < -0.4 is 0 Å². The average Bonchev–Trinajstić information content (AvgIpc) is 3.59. The first-order valence-corrected chi connectivity index (χ1v) is 16.3. The van der Waals surface area contributed by atoms with Gasteiger partial charge in [0.1, 0.15) is 11.4 Å². The summed E-state index contributed by atoms with van der Waals surface area (Å²) in [6.45, 7) is 0. The van der Waals surface area contributed by atoms with Crippen molar-refractivity contribution in [3.8, 4) is 55.9 Å². The van der Waals surface area contributed by atoms with Crippen LogP contribution in [0.5, 0.6) is 0 Å². The molecule has 0 saturated heterocycles. The van der Waals surface area contributed by atoms with Gasteiger partial charge in [-0.05, 0) is 51.2 Å². The number of rotatable bonds is 5. The van der Waals surface area contributed by atoms with E-state index in [2.05, 4.69) is 70.6 Å². The standard InChI is InChI=1S/C35H21FNO.C11H8N.Ir/c36-31-22-37-32(21-30(31)24-12-5-2-6-13-24)28-17-9-19-33-34(28)29-18-8-16-27(35(29)38-33)26-15-7-14-25(20-26)23-10-3-1-4-11-23;1-2-6-10(7-3-1)11-8-4-5-9-12-11;/h1-16,18-22H;1-6,8-9H;/q2*-1;. The van der Waals surface area contributed by atoms with Crippen LogP contribution in [0.25, 0.3) is 77.8 Å². The average molecular weight is 837 g/mol. The zero-order chi connectivity index (χ0) is 33.7. The van der Waals surface area contributed by atoms with E-state index in [0.29, 0.717) is 11.3 Å². The summed E-state index contributed by atoms with van der Waals surface area (Å²) in [5.74, 6) is -0.357. The molecular formula is C46H29FIrN2O-2. The van der Waals surface area contributed by atoms with Crippen LogP contribution in [0.15, 0.2) is 181 Å². The maximum atomic E-state index is 14.8. The van der Waals surface area contributed by atoms with Crippen molar-refractivity contribution in [2.24, 2.45) is 0 Å². The van der Waals surface area contributed by atoms with Gasteiger partial charge in [0.05, 0.1) is 11.8 Å². The maximum absolute atomic E-state index is 14.8. The zero-order valence-corrected chi connectivity index (χ0v) is 29.7. The molecule has 247 valence electrons. The van der Waals surface area contributed by atoms with Gasteiger partial charge in [-0.15, -0.1) is 53.6 Å². The number of furan rings is 1. The molecule has 5 heteroatoms. The Hall–Kier alpha value is -6.00. The van der Waals surface area contributed by atoms with E-state index in [0.717, 1.165) is 61.0 Å². The molecule has 6 aromatic carbocycles. The molecule has 0 N–H and O–H groups in total. The molecule has 3 aromatic heterocycles. The van der Waals surface area contributed by atoms with Crippen LogP contribution in [0, 0.1) is 17.9 Å². The van der Waals surface area contributed by atoms with Crippen molar-refractivity contribution < 1.29 is 28.9 Å². The van der Waals surface area contributed by atoms with Crippen molar-refractivity contribution in [3.63, 3.8) is 0 Å². The van der Waals surface area contributed by atoms with E-state index in [-0.39, 0.29) is 25.9 Å². The molecular weight excluding hydrogens is 808 g/mol. The Bertz CT molecular complexity index is 2500. The van der Waals surface area contributed by atoms with Crippen LogP contribution >= 0.6 is 0 Å². The number of hydrogen-bond donors (Lipinski definition) is 0. The number of halogens is 1. The van der Waals surface area contributed by atoms with E-state index in [4.69, 9.17) is 4.42 Å². The second-order valence-corrected chi connectivity index (χ2v) is 11.7. The third kappa shape index (κ3) is 7.04. The second kappa shape index (κ2) is 15.3. The Morgan fingerprint density at radius 1 is 0.529 bits per heavy atom. The SMILES string of the molecule is Fc1cnc(-c2[c-]ccc3oc4c(-c5cccc(-c6ccccc6)c5)cccc4c23)cc1-c1ccccc1.[Ir].[c-]1ccccc1-c1ccccn1. The predicted molar refractivity (Wildman–Crippen MR) is 201 cm³/mol. The van der Waals surface area contributed by atoms with Crippen LogP contribution in [-0.4, -0.2) is 9.97 Å². The molecule has 0 aliphatic rings. The fraction of sp³-hybridized carbons (Fsp3) is 0. The number of nitrogens with zero attached hydrogens (tertiary/aromatic N) is 2. The molecule has 9 aromatic rings. The van der Waals surface area contributed by atoms with Crippen LogP contribution in [0.4, 0.5) is 4.39 Å². The van der Waals surface area contributed by atoms with E-state index in [1.165, 1.54) is 11.8 Å². The van der Waals surface area contributed by atoms with E-state index in [1.54, 1.807) is 12.3 Å². The Morgan fingerprint density at radius 3 is 2.02 bits per heavy atom. The monoisotopic (exact) mass is 837 g/mol. The van der Waals surface area contributed by atoms with Gasteiger partial charge in [-0.2, -0.15) is 0 Å². The summed E-state index contributed by atoms with van der Waals surface area (Å²) in [5, 5.41) is 1.89. The van der Waals surface area contributed by atoms with Crippen LogP contribution in [0.2, 0.25) is 0 Å². The van der Waals surface area contributed by atoms with Gasteiger partial charge in [0.2, 0.25) is 0 Å². The molecule has 0 amide bonds. The van der Waals surface area contributed by atoms with Crippen molar-refractivity contribution >= 4 is 21.9 Å². The molecule has 3 nitrogen and oxygen atoms in total. The van der Waals surface area contributed by atoms with Crippen molar-refractivity contribution in [1.29, 1.82) is 0 Å². The Kier molecular flexibility index (Phi) is 10.0. The van der Waals surface area contributed by atoms with Crippen molar-refractivity contribution in [2.45, 2.75) is 0 Å². The number of fused-ring (bicyclic) bond motifs is 3. The minimum atomic E-state index is -0.357. The van der Waals surface area contributed by atoms with Crippen molar-refractivity contribution in [1.82, 2.24) is 9.97 Å². The first-order valence-electron chi connectivity index (χ1n) is 16.3. The Balaban J connectivity index is 0.000000265. The maximum Gasteiger partial charge on any atom is 0.147 e. The molecule has 1 radical (unpaired) electrons. The summed E-state index contributed by atoms with van der Waals surface area (Å²) in [6.07, 6.45) is 3.07. The number of pyridine rings is 2. The van der Waals surface area contributed by atoms with Gasteiger partial charge in [0, 0.05) is 37.4 Å². The van der Waals surface area contributed by atoms with Gasteiger partial charge in [-0.25, -0.2) is 4.39 Å². The Labute approximate surface area is 309 Å². The van der Waals surface area contributed by atoms with Crippen LogP contribution in [0.1, 0.15) is 0 Å². The quantitative estimate of drug-likeness (QED) is 0.162.